The van der Waals surface area contributed by atoms with E-state index in [0.29, 0.717) is 23.6 Å². The van der Waals surface area contributed by atoms with Gasteiger partial charge in [0.1, 0.15) is 17.8 Å². The van der Waals surface area contributed by atoms with Crippen molar-refractivity contribution in [2.45, 2.75) is 11.8 Å². The smallest absolute Gasteiger partial charge is 0.324 e. The van der Waals surface area contributed by atoms with Gasteiger partial charge in [0, 0.05) is 5.75 Å². The summed E-state index contributed by atoms with van der Waals surface area (Å²) in [5, 5.41) is 1.74. The zero-order valence-electron chi connectivity index (χ0n) is 11.5. The first kappa shape index (κ1) is 14.6. The molecule has 0 radical (unpaired) electrons. The summed E-state index contributed by atoms with van der Waals surface area (Å²) in [6, 6.07) is 1.86. The van der Waals surface area contributed by atoms with Crippen LogP contribution in [0.4, 0.5) is 0 Å². The van der Waals surface area contributed by atoms with Crippen LogP contribution in [0.15, 0.2) is 16.2 Å². The normalized spacial score (nSPS) is 22.3. The quantitative estimate of drug-likeness (QED) is 0.755. The highest BCUT2D eigenvalue weighted by Gasteiger charge is 2.30. The topological polar surface area (TPSA) is 76.5 Å². The molecule has 112 valence electrons. The standard InChI is InChI=1S/C13H15N3O3S2/c1-19-13(18)9-6-16(3-5-20-9)7-10-14-8-2-4-21-11(8)12(17)15-10/h2,4,9H,3,5-7H2,1H3,(H,14,15,17)/p+1/t9-/m1/s1. The first-order valence-electron chi connectivity index (χ1n) is 6.67. The van der Waals surface area contributed by atoms with Crippen molar-refractivity contribution in [3.63, 3.8) is 0 Å². The average molecular weight is 326 g/mol. The number of carbonyl (C=O) groups excluding carboxylic acids is 1. The van der Waals surface area contributed by atoms with Crippen LogP contribution in [0.25, 0.3) is 10.2 Å². The van der Waals surface area contributed by atoms with Gasteiger partial charge in [-0.15, -0.1) is 23.1 Å². The van der Waals surface area contributed by atoms with Gasteiger partial charge >= 0.3 is 5.97 Å². The highest BCUT2D eigenvalue weighted by Crippen LogP contribution is 2.14. The number of H-pyrrole nitrogens is 1. The Balaban J connectivity index is 1.75. The van der Waals surface area contributed by atoms with Crippen LogP contribution in [-0.4, -0.2) is 47.1 Å². The molecule has 2 aromatic heterocycles. The third kappa shape index (κ3) is 3.12. The van der Waals surface area contributed by atoms with Crippen molar-refractivity contribution in [3.8, 4) is 0 Å². The summed E-state index contributed by atoms with van der Waals surface area (Å²) in [5.41, 5.74) is 0.661. The summed E-state index contributed by atoms with van der Waals surface area (Å²) in [5.74, 6) is 1.41. The monoisotopic (exact) mass is 326 g/mol. The maximum atomic E-state index is 11.9. The van der Waals surface area contributed by atoms with Crippen LogP contribution < -0.4 is 10.5 Å². The van der Waals surface area contributed by atoms with Gasteiger partial charge in [0.2, 0.25) is 0 Å². The molecular formula is C13H16N3O3S2+. The van der Waals surface area contributed by atoms with Gasteiger partial charge < -0.3 is 14.6 Å². The molecule has 3 rings (SSSR count). The van der Waals surface area contributed by atoms with E-state index >= 15 is 0 Å². The van der Waals surface area contributed by atoms with Crippen molar-refractivity contribution in [3.05, 3.63) is 27.6 Å². The molecule has 0 saturated carbocycles. The van der Waals surface area contributed by atoms with E-state index in [-0.39, 0.29) is 16.8 Å². The molecule has 21 heavy (non-hydrogen) atoms. The minimum atomic E-state index is -0.174. The molecule has 6 nitrogen and oxygen atoms in total. The largest absolute Gasteiger partial charge is 0.468 e. The Hall–Kier alpha value is -1.38. The number of methoxy groups -OCH3 is 1. The number of nitrogens with one attached hydrogen (secondary N) is 2. The number of esters is 1. The number of hydrogen-bond donors (Lipinski definition) is 2. The zero-order valence-corrected chi connectivity index (χ0v) is 13.2. The lowest BCUT2D eigenvalue weighted by molar-refractivity contribution is -0.912. The van der Waals surface area contributed by atoms with E-state index in [0.717, 1.165) is 17.8 Å². The van der Waals surface area contributed by atoms with Crippen molar-refractivity contribution in [1.29, 1.82) is 0 Å². The van der Waals surface area contributed by atoms with Crippen LogP contribution in [0.2, 0.25) is 0 Å². The Morgan fingerprint density at radius 3 is 3.29 bits per heavy atom. The van der Waals surface area contributed by atoms with E-state index in [9.17, 15) is 9.59 Å². The molecule has 2 aromatic rings. The second-order valence-electron chi connectivity index (χ2n) is 4.91. The molecule has 1 aliphatic heterocycles. The summed E-state index contributed by atoms with van der Waals surface area (Å²) < 4.78 is 5.47. The fourth-order valence-electron chi connectivity index (χ4n) is 2.45. The second kappa shape index (κ2) is 6.17. The molecule has 0 aliphatic carbocycles. The van der Waals surface area contributed by atoms with Crippen LogP contribution >= 0.6 is 23.1 Å². The van der Waals surface area contributed by atoms with Gasteiger partial charge in [-0.1, -0.05) is 0 Å². The first-order valence-corrected chi connectivity index (χ1v) is 8.59. The van der Waals surface area contributed by atoms with Gasteiger partial charge in [0.25, 0.3) is 5.56 Å². The maximum absolute atomic E-state index is 11.9. The summed E-state index contributed by atoms with van der Waals surface area (Å²) in [4.78, 5) is 32.1. The number of hydrogen-bond acceptors (Lipinski definition) is 6. The van der Waals surface area contributed by atoms with Crippen LogP contribution in [0.5, 0.6) is 0 Å². The van der Waals surface area contributed by atoms with E-state index in [1.165, 1.54) is 23.3 Å². The van der Waals surface area contributed by atoms with E-state index in [1.54, 1.807) is 11.8 Å². The predicted octanol–water partition coefficient (Wildman–Crippen LogP) is -0.342. The summed E-state index contributed by atoms with van der Waals surface area (Å²) >= 11 is 3.03. The molecule has 3 heterocycles. The average Bonchev–Trinajstić information content (AvgIpc) is 2.95. The lowest BCUT2D eigenvalue weighted by atomic mass is 10.3. The molecule has 0 spiro atoms. The molecule has 1 fully saturated rings. The molecule has 0 amide bonds. The van der Waals surface area contributed by atoms with Crippen molar-refractivity contribution in [1.82, 2.24) is 9.97 Å². The summed E-state index contributed by atoms with van der Waals surface area (Å²) in [7, 11) is 1.42. The second-order valence-corrected chi connectivity index (χ2v) is 7.14. The number of nitrogens with zero attached hydrogens (tertiary/aromatic N) is 1. The lowest BCUT2D eigenvalue weighted by Crippen LogP contribution is -3.13. The van der Waals surface area contributed by atoms with E-state index < -0.39 is 0 Å². The molecule has 1 saturated heterocycles. The number of ether oxygens (including phenoxy) is 1. The van der Waals surface area contributed by atoms with Crippen molar-refractivity contribution < 1.29 is 14.4 Å². The van der Waals surface area contributed by atoms with Gasteiger partial charge in [-0.3, -0.25) is 9.59 Å². The van der Waals surface area contributed by atoms with E-state index in [2.05, 4.69) is 9.97 Å². The molecule has 8 heteroatoms. The van der Waals surface area contributed by atoms with Crippen LogP contribution in [0, 0.1) is 0 Å². The number of carbonyl (C=O) groups is 1. The van der Waals surface area contributed by atoms with Gasteiger partial charge in [-0.2, -0.15) is 0 Å². The van der Waals surface area contributed by atoms with Crippen LogP contribution in [0.1, 0.15) is 5.82 Å². The molecule has 1 aliphatic rings. The number of aromatic nitrogens is 2. The molecule has 1 unspecified atom stereocenters. The Morgan fingerprint density at radius 1 is 1.62 bits per heavy atom. The summed E-state index contributed by atoms with van der Waals surface area (Å²) in [6.45, 7) is 2.27. The number of rotatable bonds is 3. The minimum Gasteiger partial charge on any atom is -0.468 e. The highest BCUT2D eigenvalue weighted by atomic mass is 32.2. The van der Waals surface area contributed by atoms with E-state index in [1.807, 2.05) is 11.4 Å². The minimum absolute atomic E-state index is 0.0831. The predicted molar refractivity (Wildman–Crippen MR) is 82.9 cm³/mol. The number of aromatic amines is 1. The molecule has 0 aromatic carbocycles. The van der Waals surface area contributed by atoms with Gasteiger partial charge in [-0.25, -0.2) is 4.98 Å². The third-order valence-corrected chi connectivity index (χ3v) is 5.60. The first-order chi connectivity index (χ1) is 10.2. The zero-order chi connectivity index (χ0) is 14.8. The SMILES string of the molecule is COC(=O)[C@H]1C[NH+](Cc2nc3ccsc3c(=O)[nH]2)CCS1. The maximum Gasteiger partial charge on any atom is 0.324 e. The van der Waals surface area contributed by atoms with Crippen molar-refractivity contribution >= 4 is 39.3 Å². The van der Waals surface area contributed by atoms with Crippen LogP contribution in [0.3, 0.4) is 0 Å². The fraction of sp³-hybridized carbons (Fsp3) is 0.462. The molecule has 2 atom stereocenters. The Bertz CT molecular complexity index is 712. The van der Waals surface area contributed by atoms with E-state index in [4.69, 9.17) is 4.74 Å². The molecule has 0 bridgehead atoms. The Kier molecular flexibility index (Phi) is 4.27. The molecular weight excluding hydrogens is 310 g/mol. The lowest BCUT2D eigenvalue weighted by Gasteiger charge is -2.27. The van der Waals surface area contributed by atoms with Gasteiger partial charge in [0.05, 0.1) is 19.2 Å². The van der Waals surface area contributed by atoms with Crippen LogP contribution in [-0.2, 0) is 16.1 Å². The Labute approximate surface area is 129 Å². The Morgan fingerprint density at radius 2 is 2.48 bits per heavy atom. The number of thiophene rings is 1. The van der Waals surface area contributed by atoms with Gasteiger partial charge in [0.15, 0.2) is 11.1 Å². The van der Waals surface area contributed by atoms with Gasteiger partial charge in [-0.05, 0) is 11.4 Å². The number of fused-ring (bicyclic) bond motifs is 1. The van der Waals surface area contributed by atoms with Crippen molar-refractivity contribution in [2.75, 3.05) is 26.0 Å². The number of quaternary nitrogens is 1. The number of thioether (sulfide) groups is 1. The molecule has 2 N–H and O–H groups in total. The fourth-order valence-corrected chi connectivity index (χ4v) is 4.46. The highest BCUT2D eigenvalue weighted by molar-refractivity contribution is 8.00. The third-order valence-electron chi connectivity index (χ3n) is 3.49. The summed E-state index contributed by atoms with van der Waals surface area (Å²) in [6.07, 6.45) is 0. The van der Waals surface area contributed by atoms with Crippen molar-refractivity contribution in [2.24, 2.45) is 0 Å².